The van der Waals surface area contributed by atoms with Crippen molar-refractivity contribution in [1.82, 2.24) is 40.0 Å². The first-order valence-electron chi connectivity index (χ1n) is 24.4. The van der Waals surface area contributed by atoms with E-state index in [-0.39, 0.29) is 62.1 Å². The van der Waals surface area contributed by atoms with Crippen molar-refractivity contribution in [2.75, 3.05) is 40.3 Å². The van der Waals surface area contributed by atoms with E-state index in [2.05, 4.69) is 80.8 Å². The number of hydrogen-bond donors (Lipinski definition) is 2. The van der Waals surface area contributed by atoms with Gasteiger partial charge in [0, 0.05) is 87.2 Å². The van der Waals surface area contributed by atoms with Crippen LogP contribution in [0.25, 0.3) is 22.2 Å². The normalized spacial score (nSPS) is 24.7. The van der Waals surface area contributed by atoms with Gasteiger partial charge in [0.25, 0.3) is 5.91 Å². The molecule has 7 rings (SSSR count). The molecule has 3 aliphatic heterocycles. The molecular weight excluding hydrogens is 849 g/mol. The molecule has 0 radical (unpaired) electrons. The summed E-state index contributed by atoms with van der Waals surface area (Å²) in [6.07, 6.45) is 6.24. The van der Waals surface area contributed by atoms with Crippen molar-refractivity contribution in [3.05, 3.63) is 66.0 Å². The van der Waals surface area contributed by atoms with Crippen LogP contribution in [-0.2, 0) is 53.0 Å². The Labute approximate surface area is 396 Å². The van der Waals surface area contributed by atoms with Gasteiger partial charge in [0.15, 0.2) is 0 Å². The monoisotopic (exact) mass is 921 g/mol. The summed E-state index contributed by atoms with van der Waals surface area (Å²) in [5.74, 6) is -1.53. The van der Waals surface area contributed by atoms with Crippen LogP contribution in [0, 0.1) is 29.1 Å². The van der Waals surface area contributed by atoms with Crippen LogP contribution < -0.4 is 10.7 Å². The number of fused-ring (bicyclic) bond motifs is 3. The third-order valence-corrected chi connectivity index (χ3v) is 14.7. The molecule has 2 unspecified atom stereocenters. The van der Waals surface area contributed by atoms with Gasteiger partial charge in [0.2, 0.25) is 23.6 Å². The maximum absolute atomic E-state index is 14.5. The topological polar surface area (TPSA) is 166 Å². The number of nitrogens with zero attached hydrogens (tertiary/aromatic N) is 6. The van der Waals surface area contributed by atoms with Gasteiger partial charge in [-0.25, -0.2) is 5.43 Å². The van der Waals surface area contributed by atoms with Crippen molar-refractivity contribution in [2.45, 2.75) is 131 Å². The lowest BCUT2D eigenvalue weighted by molar-refractivity contribution is -0.155. The van der Waals surface area contributed by atoms with Crippen LogP contribution in [0.5, 0.6) is 0 Å². The molecule has 67 heavy (non-hydrogen) atoms. The summed E-state index contributed by atoms with van der Waals surface area (Å²) in [4.78, 5) is 92.6. The lowest BCUT2D eigenvalue weighted by atomic mass is 9.83. The van der Waals surface area contributed by atoms with Crippen molar-refractivity contribution in [3.8, 4) is 11.3 Å². The number of carbonyl (C=O) groups is 6. The molecule has 1 saturated carbocycles. The number of likely N-dealkylation sites (N-methyl/N-ethyl adjacent to an activating group) is 1. The first kappa shape index (κ1) is 49.3. The lowest BCUT2D eigenvalue weighted by Gasteiger charge is -2.37. The average Bonchev–Trinajstić information content (AvgIpc) is 3.70. The van der Waals surface area contributed by atoms with Crippen LogP contribution in [0.2, 0.25) is 0 Å². The number of hydrogen-bond acceptors (Lipinski definition) is 9. The van der Waals surface area contributed by atoms with E-state index in [1.165, 1.54) is 22.4 Å². The summed E-state index contributed by atoms with van der Waals surface area (Å²) >= 11 is 0. The van der Waals surface area contributed by atoms with E-state index in [0.717, 1.165) is 45.5 Å². The number of ether oxygens (including phenoxy) is 1. The molecule has 5 heterocycles. The Morgan fingerprint density at radius 3 is 2.52 bits per heavy atom. The van der Waals surface area contributed by atoms with E-state index in [0.29, 0.717) is 50.6 Å². The summed E-state index contributed by atoms with van der Waals surface area (Å²) in [5, 5.41) is 5.38. The second-order valence-electron chi connectivity index (χ2n) is 20.7. The fraction of sp³-hybridized carbons (Fsp3) is 0.596. The molecule has 15 nitrogen and oxygen atoms in total. The van der Waals surface area contributed by atoms with Crippen LogP contribution >= 0.6 is 0 Å². The quantitative estimate of drug-likeness (QED) is 0.188. The third-order valence-electron chi connectivity index (χ3n) is 14.7. The van der Waals surface area contributed by atoms with Gasteiger partial charge in [-0.1, -0.05) is 54.2 Å². The fourth-order valence-corrected chi connectivity index (χ4v) is 10.8. The zero-order valence-electron chi connectivity index (χ0n) is 41.1. The molecule has 5 amide bonds. The molecule has 2 aromatic heterocycles. The third kappa shape index (κ3) is 10.6. The van der Waals surface area contributed by atoms with E-state index < -0.39 is 47.2 Å². The number of aromatic nitrogens is 2. The number of rotatable bonds is 10. The van der Waals surface area contributed by atoms with E-state index in [4.69, 9.17) is 9.72 Å². The Morgan fingerprint density at radius 1 is 1.09 bits per heavy atom. The first-order valence-corrected chi connectivity index (χ1v) is 24.4. The number of amides is 5. The van der Waals surface area contributed by atoms with Crippen LogP contribution in [0.3, 0.4) is 0 Å². The predicted octanol–water partition coefficient (Wildman–Crippen LogP) is 5.84. The summed E-state index contributed by atoms with van der Waals surface area (Å²) in [5.41, 5.74) is 9.08. The van der Waals surface area contributed by atoms with Crippen molar-refractivity contribution >= 4 is 46.4 Å². The first-order chi connectivity index (χ1) is 31.8. The highest BCUT2D eigenvalue weighted by atomic mass is 16.5. The second kappa shape index (κ2) is 20.3. The summed E-state index contributed by atoms with van der Waals surface area (Å²) in [6.45, 7) is 20.3. The Balaban J connectivity index is 1.20. The van der Waals surface area contributed by atoms with Crippen LogP contribution in [-0.4, -0.2) is 123 Å². The van der Waals surface area contributed by atoms with Crippen molar-refractivity contribution in [3.63, 3.8) is 0 Å². The molecule has 1 aliphatic carbocycles. The summed E-state index contributed by atoms with van der Waals surface area (Å²) in [7, 11) is 3.33. The number of aryl methyl sites for hydroxylation is 1. The Hall–Kier alpha value is -5.57. The molecule has 0 spiro atoms. The van der Waals surface area contributed by atoms with Crippen LogP contribution in [0.1, 0.15) is 110 Å². The smallest absolute Gasteiger partial charge is 0.324 e. The van der Waals surface area contributed by atoms with Crippen molar-refractivity contribution in [2.24, 2.45) is 29.1 Å². The van der Waals surface area contributed by atoms with Crippen molar-refractivity contribution in [1.29, 1.82) is 0 Å². The molecule has 4 aliphatic rings. The number of carbonyl (C=O) groups excluding carboxylic acids is 6. The van der Waals surface area contributed by atoms with Gasteiger partial charge >= 0.3 is 5.97 Å². The molecule has 362 valence electrons. The number of cyclic esters (lactones) is 1. The van der Waals surface area contributed by atoms with Gasteiger partial charge in [0.05, 0.1) is 23.9 Å². The van der Waals surface area contributed by atoms with Gasteiger partial charge in [-0.2, -0.15) is 0 Å². The maximum atomic E-state index is 14.5. The minimum atomic E-state index is -1.15. The van der Waals surface area contributed by atoms with Gasteiger partial charge in [-0.3, -0.25) is 38.8 Å². The van der Waals surface area contributed by atoms with E-state index in [1.807, 2.05) is 26.1 Å². The van der Waals surface area contributed by atoms with E-state index >= 15 is 0 Å². The molecule has 7 atom stereocenters. The molecule has 4 bridgehead atoms. The standard InChI is InChI=1S/C52H72N8O7/c1-11-43(61)58-24-21-35(29-58)49(64)57(10)46(31(3)4)48(63)54-40-18-20-44(62)56(9)28-34-17-19-42-38(26-34)39(27-52(7,8)30-67-51(66)41-16-14-23-60(55-41)50(40)65)47(59(42)12-2)36-15-13-22-53-45(36)33(6)37-25-32(37)5/h11,13,15,17,19,22,26,31-33,35,37,40-41,46,55H,1,12,14,16,18,20-21,23-25,27-30H2,2-10H3,(H,54,63)/t32?,33-,35+,37?,40+,41+,46+/m1/s1. The highest BCUT2D eigenvalue weighted by Crippen LogP contribution is 2.50. The van der Waals surface area contributed by atoms with E-state index in [1.54, 1.807) is 23.9 Å². The Morgan fingerprint density at radius 2 is 1.84 bits per heavy atom. The highest BCUT2D eigenvalue weighted by molar-refractivity contribution is 5.95. The summed E-state index contributed by atoms with van der Waals surface area (Å²) < 4.78 is 8.51. The number of likely N-dealkylation sites (tertiary alicyclic amines) is 1. The molecule has 2 saturated heterocycles. The highest BCUT2D eigenvalue weighted by Gasteiger charge is 2.42. The zero-order chi connectivity index (χ0) is 48.5. The Kier molecular flexibility index (Phi) is 15.0. The maximum Gasteiger partial charge on any atom is 0.324 e. The van der Waals surface area contributed by atoms with Gasteiger partial charge in [-0.05, 0) is 105 Å². The average molecular weight is 921 g/mol. The molecule has 3 fully saturated rings. The van der Waals surface area contributed by atoms with Gasteiger partial charge < -0.3 is 29.3 Å². The molecule has 3 aromatic rings. The number of pyridine rings is 1. The van der Waals surface area contributed by atoms with Crippen LogP contribution in [0.4, 0.5) is 0 Å². The van der Waals surface area contributed by atoms with Gasteiger partial charge in [-0.15, -0.1) is 0 Å². The number of nitrogens with one attached hydrogen (secondary N) is 2. The number of hydrazine groups is 1. The largest absolute Gasteiger partial charge is 0.464 e. The number of benzene rings is 1. The second-order valence-corrected chi connectivity index (χ2v) is 20.7. The van der Waals surface area contributed by atoms with Gasteiger partial charge in [0.1, 0.15) is 18.1 Å². The molecule has 1 aromatic carbocycles. The molecular formula is C52H72N8O7. The lowest BCUT2D eigenvalue weighted by Crippen LogP contribution is -2.62. The molecule has 2 N–H and O–H groups in total. The minimum absolute atomic E-state index is 0.0175. The molecule has 15 heteroatoms. The Bertz CT molecular complexity index is 2390. The fourth-order valence-electron chi connectivity index (χ4n) is 10.8. The minimum Gasteiger partial charge on any atom is -0.464 e. The van der Waals surface area contributed by atoms with Crippen molar-refractivity contribution < 1.29 is 33.5 Å². The van der Waals surface area contributed by atoms with E-state index in [9.17, 15) is 28.8 Å². The summed E-state index contributed by atoms with van der Waals surface area (Å²) in [6, 6.07) is 7.68. The van der Waals surface area contributed by atoms with Crippen LogP contribution in [0.15, 0.2) is 49.2 Å². The predicted molar refractivity (Wildman–Crippen MR) is 257 cm³/mol. The zero-order valence-corrected chi connectivity index (χ0v) is 41.1. The SMILES string of the molecule is C=CC(=O)N1CC[C@H](C(=O)N(C)[C@H](C(=O)N[C@H]2CCC(=O)N(C)Cc3ccc4c(c3)c(c(-c3cccnc3[C@H](C)C3CC3C)n4CC)CC(C)(C)COC(=O)[C@@H]3CCCN(N3)C2=O)C(C)C)C1. The number of esters is 1.